The first-order valence-corrected chi connectivity index (χ1v) is 8.24. The van der Waals surface area contributed by atoms with Gasteiger partial charge in [0.15, 0.2) is 0 Å². The van der Waals surface area contributed by atoms with E-state index in [-0.39, 0.29) is 23.9 Å². The van der Waals surface area contributed by atoms with Crippen LogP contribution in [0.15, 0.2) is 65.5 Å². The number of aromatic nitrogens is 2. The molecular weight excluding hydrogens is 330 g/mol. The van der Waals surface area contributed by atoms with Crippen LogP contribution in [0.4, 0.5) is 0 Å². The molecule has 3 aromatic rings. The zero-order valence-corrected chi connectivity index (χ0v) is 13.8. The molecule has 1 aromatic heterocycles. The highest BCUT2D eigenvalue weighted by atomic mass is 16.2. The summed E-state index contributed by atoms with van der Waals surface area (Å²) in [5, 5.41) is 6.59. The van der Waals surface area contributed by atoms with E-state index in [9.17, 15) is 14.4 Å². The molecule has 128 valence electrons. The van der Waals surface area contributed by atoms with Crippen molar-refractivity contribution in [3.63, 3.8) is 0 Å². The lowest BCUT2D eigenvalue weighted by Crippen LogP contribution is -2.32. The summed E-state index contributed by atoms with van der Waals surface area (Å²) in [6, 6.07) is 17.7. The highest BCUT2D eigenvalue weighted by Crippen LogP contribution is 2.24. The van der Waals surface area contributed by atoms with Crippen LogP contribution in [-0.2, 0) is 6.42 Å². The Morgan fingerprint density at radius 1 is 0.846 bits per heavy atom. The van der Waals surface area contributed by atoms with Gasteiger partial charge in [-0.3, -0.25) is 19.3 Å². The van der Waals surface area contributed by atoms with Gasteiger partial charge in [0.2, 0.25) is 0 Å². The molecule has 0 saturated heterocycles. The number of aromatic amines is 1. The topological polar surface area (TPSA) is 83.1 Å². The summed E-state index contributed by atoms with van der Waals surface area (Å²) in [6.45, 7) is 0.192. The number of carbonyl (C=O) groups excluding carboxylic acids is 2. The summed E-state index contributed by atoms with van der Waals surface area (Å²) < 4.78 is 0. The summed E-state index contributed by atoms with van der Waals surface area (Å²) in [4.78, 5) is 37.9. The van der Waals surface area contributed by atoms with Gasteiger partial charge in [-0.2, -0.15) is 5.10 Å². The van der Waals surface area contributed by atoms with Crippen molar-refractivity contribution in [2.24, 2.45) is 0 Å². The van der Waals surface area contributed by atoms with Crippen LogP contribution >= 0.6 is 0 Å². The SMILES string of the molecule is O=C1c2ccccc2C(=O)N1CCc1cc(=O)[nH]nc1-c1ccccc1. The summed E-state index contributed by atoms with van der Waals surface area (Å²) in [6.07, 6.45) is 0.354. The van der Waals surface area contributed by atoms with E-state index in [4.69, 9.17) is 0 Å². The third kappa shape index (κ3) is 2.71. The van der Waals surface area contributed by atoms with Crippen LogP contribution in [0.2, 0.25) is 0 Å². The van der Waals surface area contributed by atoms with Crippen LogP contribution in [0.25, 0.3) is 11.3 Å². The number of carbonyl (C=O) groups is 2. The van der Waals surface area contributed by atoms with Crippen LogP contribution < -0.4 is 5.56 Å². The van der Waals surface area contributed by atoms with E-state index in [1.807, 2.05) is 30.3 Å². The van der Waals surface area contributed by atoms with Crippen molar-refractivity contribution in [2.75, 3.05) is 6.54 Å². The summed E-state index contributed by atoms with van der Waals surface area (Å²) in [7, 11) is 0. The minimum absolute atomic E-state index is 0.192. The van der Waals surface area contributed by atoms with Crippen LogP contribution in [0, 0.1) is 0 Å². The normalized spacial score (nSPS) is 13.2. The van der Waals surface area contributed by atoms with Gasteiger partial charge in [0.1, 0.15) is 0 Å². The van der Waals surface area contributed by atoms with Gasteiger partial charge < -0.3 is 0 Å². The Morgan fingerprint density at radius 3 is 2.12 bits per heavy atom. The zero-order chi connectivity index (χ0) is 18.1. The lowest BCUT2D eigenvalue weighted by Gasteiger charge is -2.15. The maximum atomic E-state index is 12.5. The number of hydrogen-bond acceptors (Lipinski definition) is 4. The smallest absolute Gasteiger partial charge is 0.264 e. The van der Waals surface area contributed by atoms with Crippen molar-refractivity contribution in [2.45, 2.75) is 6.42 Å². The number of imide groups is 1. The van der Waals surface area contributed by atoms with Crippen molar-refractivity contribution in [3.05, 3.63) is 87.7 Å². The fourth-order valence-corrected chi connectivity index (χ4v) is 3.15. The number of amides is 2. The number of fused-ring (bicyclic) bond motifs is 1. The van der Waals surface area contributed by atoms with E-state index in [1.165, 1.54) is 11.0 Å². The largest absolute Gasteiger partial charge is 0.274 e. The second kappa shape index (κ2) is 6.40. The molecule has 6 nitrogen and oxygen atoms in total. The Kier molecular flexibility index (Phi) is 3.93. The average Bonchev–Trinajstić information content (AvgIpc) is 2.92. The lowest BCUT2D eigenvalue weighted by atomic mass is 10.0. The minimum atomic E-state index is -0.318. The van der Waals surface area contributed by atoms with Gasteiger partial charge in [-0.1, -0.05) is 42.5 Å². The first kappa shape index (κ1) is 16.0. The fourth-order valence-electron chi connectivity index (χ4n) is 3.15. The summed E-state index contributed by atoms with van der Waals surface area (Å²) in [5.41, 5.74) is 2.72. The highest BCUT2D eigenvalue weighted by molar-refractivity contribution is 6.21. The molecule has 0 spiro atoms. The molecule has 4 rings (SSSR count). The monoisotopic (exact) mass is 345 g/mol. The van der Waals surface area contributed by atoms with Crippen molar-refractivity contribution < 1.29 is 9.59 Å². The Labute approximate surface area is 149 Å². The Morgan fingerprint density at radius 2 is 1.46 bits per heavy atom. The molecule has 0 bridgehead atoms. The standard InChI is InChI=1S/C20H15N3O3/c24-17-12-14(18(22-21-17)13-6-2-1-3-7-13)10-11-23-19(25)15-8-4-5-9-16(15)20(23)26/h1-9,12H,10-11H2,(H,21,24). The van der Waals surface area contributed by atoms with Gasteiger partial charge in [-0.25, -0.2) is 5.10 Å². The molecule has 0 radical (unpaired) electrons. The second-order valence-corrected chi connectivity index (χ2v) is 6.03. The van der Waals surface area contributed by atoms with Crippen LogP contribution in [0.5, 0.6) is 0 Å². The summed E-state index contributed by atoms with van der Waals surface area (Å²) in [5.74, 6) is -0.602. The molecule has 1 aliphatic rings. The van der Waals surface area contributed by atoms with Gasteiger partial charge in [0.05, 0.1) is 16.8 Å². The molecule has 1 aliphatic heterocycles. The summed E-state index contributed by atoms with van der Waals surface area (Å²) >= 11 is 0. The molecule has 2 amide bonds. The van der Waals surface area contributed by atoms with Gasteiger partial charge in [0.25, 0.3) is 17.4 Å². The van der Waals surface area contributed by atoms with Gasteiger partial charge in [-0.05, 0) is 24.1 Å². The molecule has 0 fully saturated rings. The molecular formula is C20H15N3O3. The predicted octanol–water partition coefficient (Wildman–Crippen LogP) is 2.28. The Bertz CT molecular complexity index is 1020. The zero-order valence-electron chi connectivity index (χ0n) is 13.8. The van der Waals surface area contributed by atoms with Crippen molar-refractivity contribution in [3.8, 4) is 11.3 Å². The van der Waals surface area contributed by atoms with Crippen LogP contribution in [0.3, 0.4) is 0 Å². The van der Waals surface area contributed by atoms with Crippen molar-refractivity contribution in [1.82, 2.24) is 15.1 Å². The third-order valence-corrected chi connectivity index (χ3v) is 4.42. The van der Waals surface area contributed by atoms with E-state index in [2.05, 4.69) is 10.2 Å². The molecule has 1 N–H and O–H groups in total. The van der Waals surface area contributed by atoms with E-state index in [0.29, 0.717) is 28.8 Å². The minimum Gasteiger partial charge on any atom is -0.274 e. The first-order valence-electron chi connectivity index (χ1n) is 8.24. The van der Waals surface area contributed by atoms with E-state index in [0.717, 1.165) is 5.56 Å². The number of rotatable bonds is 4. The molecule has 0 saturated carbocycles. The highest BCUT2D eigenvalue weighted by Gasteiger charge is 2.34. The van der Waals surface area contributed by atoms with E-state index in [1.54, 1.807) is 24.3 Å². The van der Waals surface area contributed by atoms with Gasteiger partial charge in [0, 0.05) is 18.2 Å². The average molecular weight is 345 g/mol. The molecule has 0 aliphatic carbocycles. The fraction of sp³-hybridized carbons (Fsp3) is 0.100. The van der Waals surface area contributed by atoms with Crippen LogP contribution in [0.1, 0.15) is 26.3 Å². The second-order valence-electron chi connectivity index (χ2n) is 6.03. The third-order valence-electron chi connectivity index (χ3n) is 4.42. The number of nitrogens with one attached hydrogen (secondary N) is 1. The number of H-pyrrole nitrogens is 1. The predicted molar refractivity (Wildman–Crippen MR) is 95.8 cm³/mol. The number of benzene rings is 2. The molecule has 2 aromatic carbocycles. The van der Waals surface area contributed by atoms with Gasteiger partial charge in [-0.15, -0.1) is 0 Å². The maximum Gasteiger partial charge on any atom is 0.264 e. The lowest BCUT2D eigenvalue weighted by molar-refractivity contribution is 0.0656. The maximum absolute atomic E-state index is 12.5. The molecule has 2 heterocycles. The molecule has 0 unspecified atom stereocenters. The van der Waals surface area contributed by atoms with E-state index < -0.39 is 0 Å². The number of nitrogens with zero attached hydrogens (tertiary/aromatic N) is 2. The van der Waals surface area contributed by atoms with Crippen LogP contribution in [-0.4, -0.2) is 33.5 Å². The van der Waals surface area contributed by atoms with E-state index >= 15 is 0 Å². The molecule has 0 atom stereocenters. The number of hydrogen-bond donors (Lipinski definition) is 1. The quantitative estimate of drug-likeness (QED) is 0.735. The Balaban J connectivity index is 1.62. The van der Waals surface area contributed by atoms with Crippen molar-refractivity contribution in [1.29, 1.82) is 0 Å². The molecule has 26 heavy (non-hydrogen) atoms. The Hall–Kier alpha value is -3.54. The van der Waals surface area contributed by atoms with Crippen molar-refractivity contribution >= 4 is 11.8 Å². The molecule has 6 heteroatoms. The van der Waals surface area contributed by atoms with Gasteiger partial charge >= 0.3 is 0 Å². The first-order chi connectivity index (χ1) is 12.6.